The van der Waals surface area contributed by atoms with Gasteiger partial charge in [-0.1, -0.05) is 12.1 Å². The molecule has 15 heavy (non-hydrogen) atoms. The minimum absolute atomic E-state index is 0.353. The number of hydrogen-bond donors (Lipinski definition) is 2. The first-order valence-electron chi connectivity index (χ1n) is 5.03. The van der Waals surface area contributed by atoms with Gasteiger partial charge in [-0.2, -0.15) is 0 Å². The zero-order valence-corrected chi connectivity index (χ0v) is 9.55. The molecule has 2 rings (SSSR count). The number of hydrogen-bond acceptors (Lipinski definition) is 3. The Morgan fingerprint density at radius 1 is 1.33 bits per heavy atom. The van der Waals surface area contributed by atoms with Gasteiger partial charge in [-0.3, -0.25) is 0 Å². The Bertz CT molecular complexity index is 358. The molecule has 0 fully saturated rings. The molecule has 3 heteroatoms. The van der Waals surface area contributed by atoms with Gasteiger partial charge in [0.05, 0.1) is 6.10 Å². The maximum Gasteiger partial charge on any atom is 0.0851 e. The predicted molar refractivity (Wildman–Crippen MR) is 65.1 cm³/mol. The molecular weight excluding hydrogens is 206 g/mol. The quantitative estimate of drug-likeness (QED) is 0.746. The van der Waals surface area contributed by atoms with Crippen molar-refractivity contribution in [3.8, 4) is 0 Å². The number of benzene rings is 1. The highest BCUT2D eigenvalue weighted by atomic mass is 32.2. The SMILES string of the molecule is CSc1ccc(C2=CC(O)CNC2)cc1. The van der Waals surface area contributed by atoms with Crippen LogP contribution in [-0.2, 0) is 0 Å². The number of aliphatic hydroxyl groups is 1. The molecule has 1 aromatic rings. The monoisotopic (exact) mass is 221 g/mol. The molecule has 0 aromatic heterocycles. The van der Waals surface area contributed by atoms with E-state index in [1.807, 2.05) is 6.08 Å². The molecule has 2 nitrogen and oxygen atoms in total. The molecule has 1 aliphatic heterocycles. The van der Waals surface area contributed by atoms with Gasteiger partial charge in [0, 0.05) is 18.0 Å². The summed E-state index contributed by atoms with van der Waals surface area (Å²) >= 11 is 1.74. The van der Waals surface area contributed by atoms with Crippen molar-refractivity contribution in [1.29, 1.82) is 0 Å². The average molecular weight is 221 g/mol. The van der Waals surface area contributed by atoms with Crippen LogP contribution < -0.4 is 5.32 Å². The zero-order chi connectivity index (χ0) is 10.7. The Morgan fingerprint density at radius 2 is 2.07 bits per heavy atom. The number of nitrogens with one attached hydrogen (secondary N) is 1. The zero-order valence-electron chi connectivity index (χ0n) is 8.73. The van der Waals surface area contributed by atoms with Crippen molar-refractivity contribution in [3.05, 3.63) is 35.9 Å². The van der Waals surface area contributed by atoms with E-state index in [1.54, 1.807) is 11.8 Å². The van der Waals surface area contributed by atoms with E-state index in [4.69, 9.17) is 0 Å². The number of thioether (sulfide) groups is 1. The fourth-order valence-electron chi connectivity index (χ4n) is 1.71. The van der Waals surface area contributed by atoms with Gasteiger partial charge >= 0.3 is 0 Å². The van der Waals surface area contributed by atoms with E-state index in [0.29, 0.717) is 6.54 Å². The van der Waals surface area contributed by atoms with Crippen LogP contribution in [0.1, 0.15) is 5.56 Å². The van der Waals surface area contributed by atoms with E-state index >= 15 is 0 Å². The first kappa shape index (κ1) is 10.7. The number of rotatable bonds is 2. The van der Waals surface area contributed by atoms with Crippen LogP contribution in [-0.4, -0.2) is 30.6 Å². The second-order valence-electron chi connectivity index (χ2n) is 3.62. The normalized spacial score (nSPS) is 21.2. The van der Waals surface area contributed by atoms with Crippen LogP contribution in [0.3, 0.4) is 0 Å². The van der Waals surface area contributed by atoms with Crippen molar-refractivity contribution < 1.29 is 5.11 Å². The summed E-state index contributed by atoms with van der Waals surface area (Å²) in [6.07, 6.45) is 3.65. The molecule has 0 radical (unpaired) electrons. The van der Waals surface area contributed by atoms with Crippen LogP contribution in [0.5, 0.6) is 0 Å². The van der Waals surface area contributed by atoms with Gasteiger partial charge in [-0.25, -0.2) is 0 Å². The van der Waals surface area contributed by atoms with Gasteiger partial charge in [0.2, 0.25) is 0 Å². The van der Waals surface area contributed by atoms with Crippen LogP contribution in [0.25, 0.3) is 5.57 Å². The minimum Gasteiger partial charge on any atom is -0.388 e. The van der Waals surface area contributed by atoms with Crippen LogP contribution in [0, 0.1) is 0 Å². The van der Waals surface area contributed by atoms with Crippen molar-refractivity contribution in [2.75, 3.05) is 19.3 Å². The van der Waals surface area contributed by atoms with Crippen LogP contribution in [0.2, 0.25) is 0 Å². The molecule has 1 heterocycles. The first-order chi connectivity index (χ1) is 7.29. The molecular formula is C12H15NOS. The van der Waals surface area contributed by atoms with Crippen molar-refractivity contribution in [2.45, 2.75) is 11.0 Å². The molecule has 2 N–H and O–H groups in total. The molecule has 0 saturated carbocycles. The Labute approximate surface area is 94.4 Å². The third kappa shape index (κ3) is 2.62. The summed E-state index contributed by atoms with van der Waals surface area (Å²) in [6, 6.07) is 8.44. The van der Waals surface area contributed by atoms with Gasteiger partial charge < -0.3 is 10.4 Å². The lowest BCUT2D eigenvalue weighted by molar-refractivity contribution is 0.217. The molecule has 1 aliphatic rings. The molecule has 1 atom stereocenters. The lowest BCUT2D eigenvalue weighted by atomic mass is 10.0. The molecule has 0 aliphatic carbocycles. The molecule has 0 bridgehead atoms. The van der Waals surface area contributed by atoms with E-state index in [-0.39, 0.29) is 6.10 Å². The summed E-state index contributed by atoms with van der Waals surface area (Å²) in [6.45, 7) is 1.50. The van der Waals surface area contributed by atoms with E-state index in [2.05, 4.69) is 35.8 Å². The molecule has 0 saturated heterocycles. The Morgan fingerprint density at radius 3 is 2.67 bits per heavy atom. The first-order valence-corrected chi connectivity index (χ1v) is 6.26. The molecule has 0 amide bonds. The third-order valence-electron chi connectivity index (χ3n) is 2.52. The molecule has 80 valence electrons. The highest BCUT2D eigenvalue weighted by molar-refractivity contribution is 7.98. The van der Waals surface area contributed by atoms with Gasteiger partial charge in [-0.05, 0) is 35.6 Å². The average Bonchev–Trinajstić information content (AvgIpc) is 2.29. The summed E-state index contributed by atoms with van der Waals surface area (Å²) in [5.41, 5.74) is 2.38. The summed E-state index contributed by atoms with van der Waals surface area (Å²) in [5.74, 6) is 0. The second kappa shape index (κ2) is 4.84. The molecule has 1 unspecified atom stereocenters. The molecule has 1 aromatic carbocycles. The molecule has 0 spiro atoms. The lowest BCUT2D eigenvalue weighted by Crippen LogP contribution is -2.31. The second-order valence-corrected chi connectivity index (χ2v) is 4.50. The highest BCUT2D eigenvalue weighted by Gasteiger charge is 2.11. The van der Waals surface area contributed by atoms with Gasteiger partial charge in [-0.15, -0.1) is 11.8 Å². The van der Waals surface area contributed by atoms with Crippen LogP contribution >= 0.6 is 11.8 Å². The third-order valence-corrected chi connectivity index (χ3v) is 3.27. The van der Waals surface area contributed by atoms with E-state index in [0.717, 1.165) is 6.54 Å². The maximum absolute atomic E-state index is 9.50. The largest absolute Gasteiger partial charge is 0.388 e. The van der Waals surface area contributed by atoms with Crippen LogP contribution in [0.15, 0.2) is 35.2 Å². The highest BCUT2D eigenvalue weighted by Crippen LogP contribution is 2.21. The summed E-state index contributed by atoms with van der Waals surface area (Å²) in [4.78, 5) is 1.27. The fourth-order valence-corrected chi connectivity index (χ4v) is 2.12. The Balaban J connectivity index is 2.21. The standard InChI is InChI=1S/C12H15NOS/c1-15-12-4-2-9(3-5-12)10-6-11(14)8-13-7-10/h2-6,11,13-14H,7-8H2,1H3. The van der Waals surface area contributed by atoms with Crippen molar-refractivity contribution >= 4 is 17.3 Å². The van der Waals surface area contributed by atoms with Crippen LogP contribution in [0.4, 0.5) is 0 Å². The Hall–Kier alpha value is -0.770. The van der Waals surface area contributed by atoms with Gasteiger partial charge in [0.15, 0.2) is 0 Å². The maximum atomic E-state index is 9.50. The number of aliphatic hydroxyl groups excluding tert-OH is 1. The summed E-state index contributed by atoms with van der Waals surface area (Å²) in [5, 5.41) is 12.7. The summed E-state index contributed by atoms with van der Waals surface area (Å²) < 4.78 is 0. The van der Waals surface area contributed by atoms with Gasteiger partial charge in [0.1, 0.15) is 0 Å². The van der Waals surface area contributed by atoms with Crippen molar-refractivity contribution in [3.63, 3.8) is 0 Å². The van der Waals surface area contributed by atoms with E-state index < -0.39 is 0 Å². The number of β-amino-alcohol motifs (C(OH)–C–C–N with tert-alkyl or cyclic N) is 1. The lowest BCUT2D eigenvalue weighted by Gasteiger charge is -2.18. The van der Waals surface area contributed by atoms with E-state index in [9.17, 15) is 5.11 Å². The topological polar surface area (TPSA) is 32.3 Å². The van der Waals surface area contributed by atoms with Crippen molar-refractivity contribution in [2.24, 2.45) is 0 Å². The predicted octanol–water partition coefficient (Wildman–Crippen LogP) is 1.76. The fraction of sp³-hybridized carbons (Fsp3) is 0.333. The van der Waals surface area contributed by atoms with Gasteiger partial charge in [0.25, 0.3) is 0 Å². The minimum atomic E-state index is -0.353. The summed E-state index contributed by atoms with van der Waals surface area (Å²) in [7, 11) is 0. The van der Waals surface area contributed by atoms with E-state index in [1.165, 1.54) is 16.0 Å². The smallest absolute Gasteiger partial charge is 0.0851 e. The Kier molecular flexibility index (Phi) is 3.46. The van der Waals surface area contributed by atoms with Crippen molar-refractivity contribution in [1.82, 2.24) is 5.32 Å².